The van der Waals surface area contributed by atoms with Crippen molar-refractivity contribution in [1.82, 2.24) is 30.6 Å². The topological polar surface area (TPSA) is 202 Å². The normalized spacial score (nSPS) is 14.9. The fraction of sp³-hybridized carbons (Fsp3) is 0.333. The SMILES string of the molecule is COC(=O)[C@H](CNC(=O)C(=O)Nc1ccc(N2CCCC2)nc1)NC(=O)c1ccc(Nc2nc(NC3(c4ccc(Cl)cc4)CC3)nc(OCC(F)(F)F)n2)cc1. The van der Waals surface area contributed by atoms with Crippen molar-refractivity contribution in [3.05, 3.63) is 83.0 Å². The zero-order valence-corrected chi connectivity index (χ0v) is 30.5. The molecule has 3 heterocycles. The first-order chi connectivity index (χ1) is 26.8. The fourth-order valence-corrected chi connectivity index (χ4v) is 5.87. The molecule has 3 amide bonds. The zero-order chi connectivity index (χ0) is 39.9. The minimum atomic E-state index is -4.64. The molecule has 0 unspecified atom stereocenters. The molecule has 2 aromatic heterocycles. The Kier molecular flexibility index (Phi) is 12.0. The first kappa shape index (κ1) is 39.5. The number of esters is 1. The summed E-state index contributed by atoms with van der Waals surface area (Å²) in [5.74, 6) is -3.09. The fourth-order valence-electron chi connectivity index (χ4n) is 5.74. The van der Waals surface area contributed by atoms with Gasteiger partial charge in [-0.25, -0.2) is 9.78 Å². The Hall–Kier alpha value is -6.24. The van der Waals surface area contributed by atoms with E-state index in [0.29, 0.717) is 29.2 Å². The van der Waals surface area contributed by atoms with Gasteiger partial charge in [0.2, 0.25) is 11.9 Å². The molecule has 16 nitrogen and oxygen atoms in total. The van der Waals surface area contributed by atoms with Gasteiger partial charge in [-0.3, -0.25) is 14.4 Å². The number of carbonyl (C=O) groups excluding carboxylic acids is 4. The highest BCUT2D eigenvalue weighted by Gasteiger charge is 2.45. The molecule has 1 atom stereocenters. The van der Waals surface area contributed by atoms with Crippen LogP contribution in [-0.2, 0) is 24.7 Å². The Morgan fingerprint density at radius 2 is 1.57 bits per heavy atom. The van der Waals surface area contributed by atoms with Crippen LogP contribution in [0.1, 0.15) is 41.6 Å². The first-order valence-electron chi connectivity index (χ1n) is 17.3. The summed E-state index contributed by atoms with van der Waals surface area (Å²) >= 11 is 6.03. The van der Waals surface area contributed by atoms with Gasteiger partial charge in [-0.1, -0.05) is 23.7 Å². The average Bonchev–Trinajstić information content (AvgIpc) is 3.74. The second kappa shape index (κ2) is 17.1. The van der Waals surface area contributed by atoms with E-state index in [1.807, 2.05) is 12.1 Å². The molecule has 0 bridgehead atoms. The van der Waals surface area contributed by atoms with Gasteiger partial charge in [-0.15, -0.1) is 0 Å². The van der Waals surface area contributed by atoms with Gasteiger partial charge in [-0.2, -0.15) is 28.1 Å². The highest BCUT2D eigenvalue weighted by molar-refractivity contribution is 6.39. The Labute approximate surface area is 322 Å². The molecule has 56 heavy (non-hydrogen) atoms. The van der Waals surface area contributed by atoms with Crippen LogP contribution >= 0.6 is 11.6 Å². The maximum absolute atomic E-state index is 13.1. The molecule has 2 aliphatic rings. The van der Waals surface area contributed by atoms with Crippen molar-refractivity contribution in [2.24, 2.45) is 0 Å². The van der Waals surface area contributed by atoms with Crippen LogP contribution < -0.4 is 36.2 Å². The van der Waals surface area contributed by atoms with Crippen LogP contribution in [0.5, 0.6) is 6.01 Å². The maximum Gasteiger partial charge on any atom is 0.422 e. The molecule has 294 valence electrons. The molecular formula is C36H36ClF3N10O6. The number of nitrogens with zero attached hydrogens (tertiary/aromatic N) is 5. The minimum Gasteiger partial charge on any atom is -0.467 e. The van der Waals surface area contributed by atoms with Crippen LogP contribution in [0.15, 0.2) is 66.9 Å². The van der Waals surface area contributed by atoms with Gasteiger partial charge in [0.15, 0.2) is 6.61 Å². The number of hydrogen-bond acceptors (Lipinski definition) is 13. The summed E-state index contributed by atoms with van der Waals surface area (Å²) in [6, 6.07) is 14.2. The van der Waals surface area contributed by atoms with Crippen molar-refractivity contribution in [3.63, 3.8) is 0 Å². The second-order valence-corrected chi connectivity index (χ2v) is 13.3. The number of methoxy groups -OCH3 is 1. The number of ether oxygens (including phenoxy) is 2. The Bertz CT molecular complexity index is 2050. The van der Waals surface area contributed by atoms with Crippen LogP contribution in [0.3, 0.4) is 0 Å². The van der Waals surface area contributed by atoms with Crippen LogP contribution in [0, 0.1) is 0 Å². The van der Waals surface area contributed by atoms with E-state index in [1.165, 1.54) is 30.5 Å². The largest absolute Gasteiger partial charge is 0.467 e. The van der Waals surface area contributed by atoms with Crippen molar-refractivity contribution < 1.29 is 41.8 Å². The maximum atomic E-state index is 13.1. The number of aromatic nitrogens is 4. The minimum absolute atomic E-state index is 0.0369. The van der Waals surface area contributed by atoms with Crippen molar-refractivity contribution in [2.75, 3.05) is 54.2 Å². The smallest absolute Gasteiger partial charge is 0.422 e. The molecule has 4 aromatic rings. The van der Waals surface area contributed by atoms with Gasteiger partial charge in [0, 0.05) is 35.9 Å². The zero-order valence-electron chi connectivity index (χ0n) is 29.8. The lowest BCUT2D eigenvalue weighted by atomic mass is 10.1. The average molecular weight is 797 g/mol. The number of rotatable bonds is 14. The van der Waals surface area contributed by atoms with Crippen molar-refractivity contribution in [3.8, 4) is 6.01 Å². The van der Waals surface area contributed by atoms with E-state index in [2.05, 4.69) is 51.4 Å². The lowest BCUT2D eigenvalue weighted by Crippen LogP contribution is -2.50. The highest BCUT2D eigenvalue weighted by Crippen LogP contribution is 2.48. The van der Waals surface area contributed by atoms with Gasteiger partial charge in [-0.05, 0) is 79.8 Å². The summed E-state index contributed by atoms with van der Waals surface area (Å²) in [5, 5.41) is 13.8. The second-order valence-electron chi connectivity index (χ2n) is 12.9. The van der Waals surface area contributed by atoms with Crippen molar-refractivity contribution in [1.29, 1.82) is 0 Å². The third-order valence-electron chi connectivity index (χ3n) is 8.78. The van der Waals surface area contributed by atoms with E-state index in [4.69, 9.17) is 21.1 Å². The molecule has 1 saturated heterocycles. The quantitative estimate of drug-likeness (QED) is 0.0893. The number of amides is 3. The lowest BCUT2D eigenvalue weighted by Gasteiger charge is -2.19. The number of hydrogen-bond donors (Lipinski definition) is 5. The van der Waals surface area contributed by atoms with E-state index in [0.717, 1.165) is 44.4 Å². The van der Waals surface area contributed by atoms with Gasteiger partial charge in [0.05, 0.1) is 24.5 Å². The Morgan fingerprint density at radius 3 is 2.20 bits per heavy atom. The summed E-state index contributed by atoms with van der Waals surface area (Å²) in [5.41, 5.74) is 1.05. The van der Waals surface area contributed by atoms with E-state index >= 15 is 0 Å². The summed E-state index contributed by atoms with van der Waals surface area (Å²) in [7, 11) is 1.10. The van der Waals surface area contributed by atoms with E-state index in [-0.39, 0.29) is 17.5 Å². The number of anilines is 5. The Morgan fingerprint density at radius 1 is 0.893 bits per heavy atom. The molecule has 0 spiro atoms. The van der Waals surface area contributed by atoms with Gasteiger partial charge in [0.1, 0.15) is 11.9 Å². The predicted molar refractivity (Wildman–Crippen MR) is 198 cm³/mol. The van der Waals surface area contributed by atoms with Crippen LogP contribution in [0.2, 0.25) is 5.02 Å². The molecule has 2 fully saturated rings. The molecule has 1 aliphatic heterocycles. The summed E-state index contributed by atoms with van der Waals surface area (Å²) in [6.45, 7) is -0.306. The number of halogens is 4. The standard InChI is InChI=1S/C36H36ClF3N10O6/c1-55-31(54)26(19-42-29(52)30(53)43-25-12-13-27(41-18-25)50-16-2-3-17-50)45-28(51)21-4-10-24(11-5-21)44-32-46-33(48-34(47-32)56-20-36(38,39)40)49-35(14-15-35)22-6-8-23(37)9-7-22/h4-13,18,26H,2-3,14-17,19-20H2,1H3,(H,42,52)(H,43,53)(H,45,51)(H2,44,46,47,48,49)/t26-/m0/s1. The van der Waals surface area contributed by atoms with Gasteiger partial charge < -0.3 is 41.0 Å². The highest BCUT2D eigenvalue weighted by atomic mass is 35.5. The lowest BCUT2D eigenvalue weighted by molar-refractivity contribution is -0.154. The summed E-state index contributed by atoms with van der Waals surface area (Å²) < 4.78 is 48.5. The van der Waals surface area contributed by atoms with Crippen LogP contribution in [0.25, 0.3) is 0 Å². The number of nitrogens with one attached hydrogen (secondary N) is 5. The third-order valence-corrected chi connectivity index (χ3v) is 9.03. The molecule has 0 radical (unpaired) electrons. The van der Waals surface area contributed by atoms with Crippen molar-refractivity contribution in [2.45, 2.75) is 43.4 Å². The van der Waals surface area contributed by atoms with Crippen LogP contribution in [-0.4, -0.2) is 89.2 Å². The number of alkyl halides is 3. The van der Waals surface area contributed by atoms with Crippen LogP contribution in [0.4, 0.5) is 42.3 Å². The molecular weight excluding hydrogens is 761 g/mol. The van der Waals surface area contributed by atoms with E-state index in [1.54, 1.807) is 24.3 Å². The first-order valence-corrected chi connectivity index (χ1v) is 17.7. The monoisotopic (exact) mass is 796 g/mol. The number of carbonyl (C=O) groups is 4. The van der Waals surface area contributed by atoms with E-state index in [9.17, 15) is 32.3 Å². The predicted octanol–water partition coefficient (Wildman–Crippen LogP) is 4.33. The number of benzene rings is 2. The molecule has 2 aromatic carbocycles. The van der Waals surface area contributed by atoms with Crippen molar-refractivity contribution >= 4 is 64.4 Å². The molecule has 1 aliphatic carbocycles. The molecule has 6 rings (SSSR count). The third kappa shape index (κ3) is 10.5. The molecule has 20 heteroatoms. The summed E-state index contributed by atoms with van der Waals surface area (Å²) in [6.07, 6.45) is 0.354. The Balaban J connectivity index is 1.06. The number of pyridine rings is 1. The summed E-state index contributed by atoms with van der Waals surface area (Å²) in [4.78, 5) is 69.4. The van der Waals surface area contributed by atoms with Gasteiger partial charge in [0.25, 0.3) is 5.91 Å². The van der Waals surface area contributed by atoms with Gasteiger partial charge >= 0.3 is 30.0 Å². The van der Waals surface area contributed by atoms with E-state index < -0.39 is 60.6 Å². The molecule has 1 saturated carbocycles. The molecule has 5 N–H and O–H groups in total.